The molecule has 0 aliphatic carbocycles. The normalized spacial score (nSPS) is 20.1. The van der Waals surface area contributed by atoms with Gasteiger partial charge in [0.2, 0.25) is 0 Å². The summed E-state index contributed by atoms with van der Waals surface area (Å²) < 4.78 is 11.6. The average Bonchev–Trinajstić information content (AvgIpc) is 2.76. The van der Waals surface area contributed by atoms with Crippen molar-refractivity contribution in [3.8, 4) is 0 Å². The number of carbonyl (C=O) groups is 1. The van der Waals surface area contributed by atoms with E-state index in [-0.39, 0.29) is 6.09 Å². The highest BCUT2D eigenvalue weighted by Crippen LogP contribution is 2.34. The average molecular weight is 486 g/mol. The van der Waals surface area contributed by atoms with Crippen molar-refractivity contribution in [2.75, 3.05) is 44.2 Å². The molecule has 0 N–H and O–H groups in total. The number of ether oxygens (including phenoxy) is 2. The lowest BCUT2D eigenvalue weighted by Crippen LogP contribution is -2.71. The zero-order valence-electron chi connectivity index (χ0n) is 20.1. The van der Waals surface area contributed by atoms with Crippen molar-refractivity contribution in [1.29, 1.82) is 0 Å². The number of hydrogen-bond acceptors (Lipinski definition) is 7. The first-order valence-corrected chi connectivity index (χ1v) is 12.3. The fraction of sp³-hybridized carbons (Fsp3) is 0.560. The SMILES string of the molecule is CC(C)(C)OC(=O)N1CC2(C1)CN(c1nc3c(nc1Cl)CN(Cc1ccccc1)CC3)CCO2. The van der Waals surface area contributed by atoms with Gasteiger partial charge in [-0.05, 0) is 26.3 Å². The summed E-state index contributed by atoms with van der Waals surface area (Å²) in [4.78, 5) is 28.3. The molecular weight excluding hydrogens is 454 g/mol. The van der Waals surface area contributed by atoms with Gasteiger partial charge in [0.25, 0.3) is 0 Å². The zero-order valence-corrected chi connectivity index (χ0v) is 20.8. The second-order valence-electron chi connectivity index (χ2n) is 10.5. The molecule has 0 atom stereocenters. The number of aromatic nitrogens is 2. The Balaban J connectivity index is 1.24. The van der Waals surface area contributed by atoms with Crippen LogP contribution in [0.5, 0.6) is 0 Å². The molecule has 1 aromatic heterocycles. The zero-order chi connectivity index (χ0) is 23.9. The third-order valence-electron chi connectivity index (χ3n) is 6.44. The van der Waals surface area contributed by atoms with Crippen LogP contribution in [0.1, 0.15) is 37.7 Å². The van der Waals surface area contributed by atoms with Gasteiger partial charge in [-0.3, -0.25) is 4.90 Å². The minimum absolute atomic E-state index is 0.300. The van der Waals surface area contributed by atoms with E-state index in [0.717, 1.165) is 43.3 Å². The Hall–Kier alpha value is -2.42. The van der Waals surface area contributed by atoms with Gasteiger partial charge >= 0.3 is 6.09 Å². The van der Waals surface area contributed by atoms with Gasteiger partial charge in [-0.25, -0.2) is 14.8 Å². The van der Waals surface area contributed by atoms with Gasteiger partial charge in [-0.1, -0.05) is 41.9 Å². The van der Waals surface area contributed by atoms with E-state index in [1.807, 2.05) is 26.8 Å². The molecule has 1 spiro atoms. The minimum Gasteiger partial charge on any atom is -0.444 e. The summed E-state index contributed by atoms with van der Waals surface area (Å²) in [5.74, 6) is 0.718. The van der Waals surface area contributed by atoms with Crippen molar-refractivity contribution in [3.63, 3.8) is 0 Å². The molecule has 0 bridgehead atoms. The lowest BCUT2D eigenvalue weighted by Gasteiger charge is -2.53. The number of halogens is 1. The first-order chi connectivity index (χ1) is 16.2. The van der Waals surface area contributed by atoms with Gasteiger partial charge in [0.15, 0.2) is 11.0 Å². The second kappa shape index (κ2) is 8.98. The Kier molecular flexibility index (Phi) is 6.16. The van der Waals surface area contributed by atoms with Crippen molar-refractivity contribution in [2.24, 2.45) is 0 Å². The number of nitrogens with zero attached hydrogens (tertiary/aromatic N) is 5. The highest BCUT2D eigenvalue weighted by Gasteiger charge is 2.50. The first kappa shape index (κ1) is 23.3. The molecule has 3 aliphatic heterocycles. The quantitative estimate of drug-likeness (QED) is 0.658. The lowest BCUT2D eigenvalue weighted by molar-refractivity contribution is -0.144. The van der Waals surface area contributed by atoms with Gasteiger partial charge in [-0.2, -0.15) is 0 Å². The molecule has 5 rings (SSSR count). The van der Waals surface area contributed by atoms with E-state index in [0.29, 0.717) is 37.9 Å². The summed E-state index contributed by atoms with van der Waals surface area (Å²) in [6.07, 6.45) is 0.548. The van der Waals surface area contributed by atoms with Crippen LogP contribution in [0.15, 0.2) is 30.3 Å². The maximum atomic E-state index is 12.4. The van der Waals surface area contributed by atoms with Crippen LogP contribution in [0.25, 0.3) is 0 Å². The third-order valence-corrected chi connectivity index (χ3v) is 6.69. The van der Waals surface area contributed by atoms with E-state index >= 15 is 0 Å². The van der Waals surface area contributed by atoms with Crippen LogP contribution < -0.4 is 4.90 Å². The molecule has 0 unspecified atom stereocenters. The summed E-state index contributed by atoms with van der Waals surface area (Å²) >= 11 is 6.65. The van der Waals surface area contributed by atoms with Gasteiger partial charge in [-0.15, -0.1) is 0 Å². The summed E-state index contributed by atoms with van der Waals surface area (Å²) in [6, 6.07) is 10.5. The number of benzene rings is 1. The molecule has 0 radical (unpaired) electrons. The van der Waals surface area contributed by atoms with Crippen molar-refractivity contribution in [1.82, 2.24) is 19.8 Å². The highest BCUT2D eigenvalue weighted by molar-refractivity contribution is 6.31. The Labute approximate surface area is 205 Å². The van der Waals surface area contributed by atoms with Crippen LogP contribution in [0, 0.1) is 0 Å². The predicted octanol–water partition coefficient (Wildman–Crippen LogP) is 3.51. The van der Waals surface area contributed by atoms with Gasteiger partial charge in [0.1, 0.15) is 11.2 Å². The predicted molar refractivity (Wildman–Crippen MR) is 130 cm³/mol. The maximum Gasteiger partial charge on any atom is 0.410 e. The number of likely N-dealkylation sites (tertiary alicyclic amines) is 1. The summed E-state index contributed by atoms with van der Waals surface area (Å²) in [5, 5.41) is 0.431. The fourth-order valence-corrected chi connectivity index (χ4v) is 5.12. The van der Waals surface area contributed by atoms with Gasteiger partial charge in [0, 0.05) is 32.6 Å². The number of morpholine rings is 1. The van der Waals surface area contributed by atoms with Gasteiger partial charge < -0.3 is 19.3 Å². The van der Waals surface area contributed by atoms with Crippen LogP contribution in [-0.2, 0) is 29.0 Å². The van der Waals surface area contributed by atoms with E-state index in [9.17, 15) is 4.79 Å². The Morgan fingerprint density at radius 3 is 2.62 bits per heavy atom. The van der Waals surface area contributed by atoms with Crippen LogP contribution in [0.2, 0.25) is 5.15 Å². The number of amides is 1. The molecule has 1 amide bonds. The number of hydrogen-bond donors (Lipinski definition) is 0. The Morgan fingerprint density at radius 1 is 1.12 bits per heavy atom. The molecule has 3 aliphatic rings. The van der Waals surface area contributed by atoms with Crippen LogP contribution >= 0.6 is 11.6 Å². The molecule has 8 nitrogen and oxygen atoms in total. The van der Waals surface area contributed by atoms with E-state index in [2.05, 4.69) is 34.1 Å². The van der Waals surface area contributed by atoms with Crippen molar-refractivity contribution >= 4 is 23.5 Å². The van der Waals surface area contributed by atoms with Crippen LogP contribution in [-0.4, -0.2) is 76.4 Å². The smallest absolute Gasteiger partial charge is 0.410 e. The lowest BCUT2D eigenvalue weighted by atomic mass is 9.92. The number of fused-ring (bicyclic) bond motifs is 1. The molecule has 34 heavy (non-hydrogen) atoms. The summed E-state index contributed by atoms with van der Waals surface area (Å²) in [7, 11) is 0. The topological polar surface area (TPSA) is 71.0 Å². The first-order valence-electron chi connectivity index (χ1n) is 11.9. The Bertz CT molecular complexity index is 1050. The largest absolute Gasteiger partial charge is 0.444 e. The Morgan fingerprint density at radius 2 is 1.88 bits per heavy atom. The summed E-state index contributed by atoms with van der Waals surface area (Å²) in [5.41, 5.74) is 2.35. The molecular formula is C25H32ClN5O3. The highest BCUT2D eigenvalue weighted by atomic mass is 35.5. The standard InChI is InChI=1S/C25H32ClN5O3/c1-24(2,3)34-23(32)31-16-25(17-31)15-30(11-12-33-25)22-21(26)27-20-14-29(10-9-19(20)28-22)13-18-7-5-4-6-8-18/h4-8H,9-17H2,1-3H3. The molecule has 4 heterocycles. The van der Waals surface area contributed by atoms with E-state index in [4.69, 9.17) is 31.0 Å². The molecule has 9 heteroatoms. The van der Waals surface area contributed by atoms with E-state index < -0.39 is 11.2 Å². The molecule has 0 saturated carbocycles. The van der Waals surface area contributed by atoms with E-state index in [1.54, 1.807) is 4.90 Å². The second-order valence-corrected chi connectivity index (χ2v) is 10.8. The minimum atomic E-state index is -0.512. The molecule has 1 aromatic carbocycles. The summed E-state index contributed by atoms with van der Waals surface area (Å²) in [6.45, 7) is 11.1. The van der Waals surface area contributed by atoms with E-state index in [1.165, 1.54) is 5.56 Å². The monoisotopic (exact) mass is 485 g/mol. The van der Waals surface area contributed by atoms with Crippen molar-refractivity contribution in [2.45, 2.75) is 51.5 Å². The van der Waals surface area contributed by atoms with Crippen molar-refractivity contribution in [3.05, 3.63) is 52.4 Å². The molecule has 2 saturated heterocycles. The molecule has 2 fully saturated rings. The maximum absolute atomic E-state index is 12.4. The third kappa shape index (κ3) is 4.99. The van der Waals surface area contributed by atoms with Crippen LogP contribution in [0.4, 0.5) is 10.6 Å². The van der Waals surface area contributed by atoms with Gasteiger partial charge in [0.05, 0.1) is 37.6 Å². The van der Waals surface area contributed by atoms with Crippen LogP contribution in [0.3, 0.4) is 0 Å². The number of anilines is 1. The molecule has 2 aromatic rings. The van der Waals surface area contributed by atoms with Crippen molar-refractivity contribution < 1.29 is 14.3 Å². The fourth-order valence-electron chi connectivity index (χ4n) is 4.85. The number of rotatable bonds is 3. The number of carbonyl (C=O) groups excluding carboxylic acids is 1. The molecule has 182 valence electrons.